The van der Waals surface area contributed by atoms with Crippen LogP contribution in [-0.4, -0.2) is 0 Å². The monoisotopic (exact) mass is 270 g/mol. The number of rotatable bonds is 4. The quantitative estimate of drug-likeness (QED) is 0.661. The highest BCUT2D eigenvalue weighted by molar-refractivity contribution is 7.16. The molecule has 1 unspecified atom stereocenters. The molecule has 0 amide bonds. The molecule has 0 fully saturated rings. The van der Waals surface area contributed by atoms with E-state index in [2.05, 4.69) is 5.43 Å². The zero-order chi connectivity index (χ0) is 12.3. The lowest BCUT2D eigenvalue weighted by Gasteiger charge is -2.14. The van der Waals surface area contributed by atoms with Crippen LogP contribution in [0.1, 0.15) is 16.5 Å². The number of nitrogens with two attached hydrogens (primary N) is 1. The highest BCUT2D eigenvalue weighted by Crippen LogP contribution is 2.28. The van der Waals surface area contributed by atoms with Crippen molar-refractivity contribution in [1.29, 1.82) is 0 Å². The average molecular weight is 271 g/mol. The fraction of sp³-hybridized carbons (Fsp3) is 0.167. The van der Waals surface area contributed by atoms with Gasteiger partial charge >= 0.3 is 0 Å². The Labute approximate surface area is 108 Å². The van der Waals surface area contributed by atoms with Gasteiger partial charge in [-0.2, -0.15) is 0 Å². The van der Waals surface area contributed by atoms with Gasteiger partial charge < -0.3 is 0 Å². The van der Waals surface area contributed by atoms with E-state index in [0.29, 0.717) is 6.42 Å². The largest absolute Gasteiger partial charge is 0.271 e. The SMILES string of the molecule is NNC(Cc1ccc(F)cc1)c1ccc(Cl)s1. The Balaban J connectivity index is 2.12. The van der Waals surface area contributed by atoms with Crippen molar-refractivity contribution >= 4 is 22.9 Å². The number of nitrogens with one attached hydrogen (secondary N) is 1. The van der Waals surface area contributed by atoms with E-state index in [-0.39, 0.29) is 11.9 Å². The van der Waals surface area contributed by atoms with E-state index in [0.717, 1.165) is 14.8 Å². The minimum atomic E-state index is -0.231. The molecule has 0 saturated heterocycles. The standard InChI is InChI=1S/C12H12ClFN2S/c13-12-6-5-11(17-12)10(16-15)7-8-1-3-9(14)4-2-8/h1-6,10,16H,7,15H2. The first kappa shape index (κ1) is 12.5. The molecule has 1 atom stereocenters. The number of benzene rings is 1. The molecule has 0 radical (unpaired) electrons. The van der Waals surface area contributed by atoms with E-state index < -0.39 is 0 Å². The number of hydrogen-bond donors (Lipinski definition) is 2. The summed E-state index contributed by atoms with van der Waals surface area (Å²) >= 11 is 7.38. The minimum Gasteiger partial charge on any atom is -0.271 e. The molecule has 1 aromatic heterocycles. The normalized spacial score (nSPS) is 12.6. The van der Waals surface area contributed by atoms with Gasteiger partial charge in [-0.25, -0.2) is 4.39 Å². The van der Waals surface area contributed by atoms with Gasteiger partial charge in [0.1, 0.15) is 5.82 Å². The molecule has 90 valence electrons. The summed E-state index contributed by atoms with van der Waals surface area (Å²) in [4.78, 5) is 1.07. The number of thiophene rings is 1. The minimum absolute atomic E-state index is 0.00189. The third kappa shape index (κ3) is 3.26. The molecule has 1 heterocycles. The highest BCUT2D eigenvalue weighted by atomic mass is 35.5. The summed E-state index contributed by atoms with van der Waals surface area (Å²) in [7, 11) is 0. The second-order valence-corrected chi connectivity index (χ2v) is 5.44. The molecule has 2 rings (SSSR count). The van der Waals surface area contributed by atoms with E-state index in [1.54, 1.807) is 12.1 Å². The maximum atomic E-state index is 12.8. The summed E-state index contributed by atoms with van der Waals surface area (Å²) < 4.78 is 13.5. The summed E-state index contributed by atoms with van der Waals surface area (Å²) in [5.41, 5.74) is 3.78. The van der Waals surface area contributed by atoms with Gasteiger partial charge in [0, 0.05) is 4.88 Å². The highest BCUT2D eigenvalue weighted by Gasteiger charge is 2.12. The van der Waals surface area contributed by atoms with Gasteiger partial charge in [-0.3, -0.25) is 11.3 Å². The Morgan fingerprint density at radius 1 is 1.24 bits per heavy atom. The molecular formula is C12H12ClFN2S. The Morgan fingerprint density at radius 2 is 1.94 bits per heavy atom. The first-order valence-electron chi connectivity index (χ1n) is 5.15. The molecule has 0 aliphatic rings. The van der Waals surface area contributed by atoms with Crippen LogP contribution in [0.2, 0.25) is 4.34 Å². The molecule has 2 nitrogen and oxygen atoms in total. The van der Waals surface area contributed by atoms with Crippen molar-refractivity contribution in [3.05, 3.63) is 57.0 Å². The summed E-state index contributed by atoms with van der Waals surface area (Å²) in [6.45, 7) is 0. The van der Waals surface area contributed by atoms with Crippen LogP contribution in [-0.2, 0) is 6.42 Å². The van der Waals surface area contributed by atoms with Crippen molar-refractivity contribution in [2.45, 2.75) is 12.5 Å². The molecular weight excluding hydrogens is 259 g/mol. The average Bonchev–Trinajstić information content (AvgIpc) is 2.75. The van der Waals surface area contributed by atoms with Gasteiger partial charge in [-0.15, -0.1) is 11.3 Å². The maximum Gasteiger partial charge on any atom is 0.123 e. The van der Waals surface area contributed by atoms with Crippen molar-refractivity contribution < 1.29 is 4.39 Å². The second-order valence-electron chi connectivity index (χ2n) is 3.69. The molecule has 1 aromatic carbocycles. The lowest BCUT2D eigenvalue weighted by atomic mass is 10.1. The Kier molecular flexibility index (Phi) is 4.12. The molecule has 0 spiro atoms. The topological polar surface area (TPSA) is 38.0 Å². The van der Waals surface area contributed by atoms with Gasteiger partial charge in [-0.1, -0.05) is 23.7 Å². The zero-order valence-electron chi connectivity index (χ0n) is 8.99. The predicted molar refractivity (Wildman–Crippen MR) is 69.5 cm³/mol. The van der Waals surface area contributed by atoms with Crippen LogP contribution in [0.4, 0.5) is 4.39 Å². The van der Waals surface area contributed by atoms with Gasteiger partial charge in [0.05, 0.1) is 10.4 Å². The van der Waals surface area contributed by atoms with E-state index in [4.69, 9.17) is 17.4 Å². The maximum absolute atomic E-state index is 12.8. The van der Waals surface area contributed by atoms with E-state index >= 15 is 0 Å². The van der Waals surface area contributed by atoms with E-state index in [1.807, 2.05) is 12.1 Å². The molecule has 0 saturated carbocycles. The lowest BCUT2D eigenvalue weighted by Crippen LogP contribution is -2.28. The van der Waals surface area contributed by atoms with Crippen molar-refractivity contribution in [2.24, 2.45) is 5.84 Å². The fourth-order valence-electron chi connectivity index (χ4n) is 1.61. The summed E-state index contributed by atoms with van der Waals surface area (Å²) in [5, 5.41) is 0. The third-order valence-electron chi connectivity index (χ3n) is 2.49. The van der Waals surface area contributed by atoms with Gasteiger partial charge in [0.2, 0.25) is 0 Å². The number of hydrogen-bond acceptors (Lipinski definition) is 3. The molecule has 0 bridgehead atoms. The Bertz CT molecular complexity index is 484. The third-order valence-corrected chi connectivity index (χ3v) is 3.84. The fourth-order valence-corrected chi connectivity index (χ4v) is 2.73. The summed E-state index contributed by atoms with van der Waals surface area (Å²) in [5.74, 6) is 5.30. The Hall–Kier alpha value is -0.940. The van der Waals surface area contributed by atoms with Crippen LogP contribution in [0.3, 0.4) is 0 Å². The van der Waals surface area contributed by atoms with E-state index in [9.17, 15) is 4.39 Å². The van der Waals surface area contributed by atoms with Gasteiger partial charge in [0.15, 0.2) is 0 Å². The van der Waals surface area contributed by atoms with Crippen LogP contribution < -0.4 is 11.3 Å². The summed E-state index contributed by atoms with van der Waals surface area (Å²) in [6, 6.07) is 10.2. The van der Waals surface area contributed by atoms with Crippen LogP contribution in [0, 0.1) is 5.82 Å². The van der Waals surface area contributed by atoms with Crippen molar-refractivity contribution in [2.75, 3.05) is 0 Å². The lowest BCUT2D eigenvalue weighted by molar-refractivity contribution is 0.559. The summed E-state index contributed by atoms with van der Waals surface area (Å²) in [6.07, 6.45) is 0.702. The molecule has 0 aliphatic carbocycles. The molecule has 17 heavy (non-hydrogen) atoms. The molecule has 5 heteroatoms. The van der Waals surface area contributed by atoms with Gasteiger partial charge in [0.25, 0.3) is 0 Å². The van der Waals surface area contributed by atoms with Crippen LogP contribution in [0.5, 0.6) is 0 Å². The molecule has 3 N–H and O–H groups in total. The first-order valence-corrected chi connectivity index (χ1v) is 6.34. The van der Waals surface area contributed by atoms with Crippen LogP contribution in [0.25, 0.3) is 0 Å². The van der Waals surface area contributed by atoms with Crippen molar-refractivity contribution in [3.8, 4) is 0 Å². The zero-order valence-corrected chi connectivity index (χ0v) is 10.6. The predicted octanol–water partition coefficient (Wildman–Crippen LogP) is 3.29. The smallest absolute Gasteiger partial charge is 0.123 e. The van der Waals surface area contributed by atoms with Crippen LogP contribution in [0.15, 0.2) is 36.4 Å². The first-order chi connectivity index (χ1) is 8.19. The molecule has 2 aromatic rings. The van der Waals surface area contributed by atoms with Crippen LogP contribution >= 0.6 is 22.9 Å². The van der Waals surface area contributed by atoms with Crippen molar-refractivity contribution in [1.82, 2.24) is 5.43 Å². The number of halogens is 2. The number of hydrazine groups is 1. The Morgan fingerprint density at radius 3 is 2.47 bits per heavy atom. The van der Waals surface area contributed by atoms with E-state index in [1.165, 1.54) is 23.5 Å². The second kappa shape index (κ2) is 5.60. The van der Waals surface area contributed by atoms with Crippen molar-refractivity contribution in [3.63, 3.8) is 0 Å². The molecule has 0 aliphatic heterocycles. The van der Waals surface area contributed by atoms with Gasteiger partial charge in [-0.05, 0) is 36.2 Å².